The van der Waals surface area contributed by atoms with Crippen molar-refractivity contribution in [3.8, 4) is 0 Å². The van der Waals surface area contributed by atoms with Gasteiger partial charge in [-0.05, 0) is 51.9 Å². The molecule has 0 aliphatic carbocycles. The summed E-state index contributed by atoms with van der Waals surface area (Å²) in [5.41, 5.74) is 2.46. The maximum Gasteiger partial charge on any atom is 0.223 e. The minimum atomic E-state index is 0.141. The van der Waals surface area contributed by atoms with Crippen LogP contribution in [0.25, 0.3) is 0 Å². The number of carbonyl (C=O) groups is 1. The normalized spacial score (nSPS) is 18.8. The minimum Gasteiger partial charge on any atom is -0.349 e. The Morgan fingerprint density at radius 1 is 1.30 bits per heavy atom. The fraction of sp³-hybridized carbons (Fsp3) is 0.588. The SMILES string of the molecule is CC[C@@H](NC(=O)C1CCN(C)CC1)c1ccc(C)cc1. The molecule has 1 atom stereocenters. The lowest BCUT2D eigenvalue weighted by Gasteiger charge is -2.29. The van der Waals surface area contributed by atoms with E-state index in [-0.39, 0.29) is 17.9 Å². The zero-order valence-corrected chi connectivity index (χ0v) is 12.9. The summed E-state index contributed by atoms with van der Waals surface area (Å²) in [5, 5.41) is 3.23. The second-order valence-corrected chi connectivity index (χ2v) is 5.96. The number of piperidine rings is 1. The van der Waals surface area contributed by atoms with Gasteiger partial charge in [-0.15, -0.1) is 0 Å². The van der Waals surface area contributed by atoms with Gasteiger partial charge >= 0.3 is 0 Å². The Balaban J connectivity index is 1.95. The van der Waals surface area contributed by atoms with Crippen molar-refractivity contribution in [1.29, 1.82) is 0 Å². The summed E-state index contributed by atoms with van der Waals surface area (Å²) in [5.74, 6) is 0.413. The molecule has 3 nitrogen and oxygen atoms in total. The summed E-state index contributed by atoms with van der Waals surface area (Å²) in [6.07, 6.45) is 2.89. The van der Waals surface area contributed by atoms with Crippen LogP contribution in [0.4, 0.5) is 0 Å². The molecule has 1 aromatic rings. The molecule has 1 aliphatic heterocycles. The van der Waals surface area contributed by atoms with Gasteiger partial charge in [-0.1, -0.05) is 36.8 Å². The van der Waals surface area contributed by atoms with E-state index in [1.54, 1.807) is 0 Å². The van der Waals surface area contributed by atoms with Gasteiger partial charge in [-0.2, -0.15) is 0 Å². The van der Waals surface area contributed by atoms with Crippen LogP contribution in [0.1, 0.15) is 43.4 Å². The number of hydrogen-bond acceptors (Lipinski definition) is 2. The van der Waals surface area contributed by atoms with Crippen LogP contribution in [0.3, 0.4) is 0 Å². The number of likely N-dealkylation sites (tertiary alicyclic amines) is 1. The first kappa shape index (κ1) is 15.0. The predicted molar refractivity (Wildman–Crippen MR) is 82.6 cm³/mol. The van der Waals surface area contributed by atoms with E-state index in [2.05, 4.69) is 55.4 Å². The van der Waals surface area contributed by atoms with Crippen LogP contribution in [0.2, 0.25) is 0 Å². The Kier molecular flexibility index (Phi) is 5.18. The highest BCUT2D eigenvalue weighted by molar-refractivity contribution is 5.79. The molecule has 1 heterocycles. The average molecular weight is 274 g/mol. The van der Waals surface area contributed by atoms with Crippen LogP contribution in [0.5, 0.6) is 0 Å². The van der Waals surface area contributed by atoms with Crippen LogP contribution in [0, 0.1) is 12.8 Å². The molecule has 0 spiro atoms. The van der Waals surface area contributed by atoms with Crippen molar-refractivity contribution < 1.29 is 4.79 Å². The van der Waals surface area contributed by atoms with Crippen LogP contribution in [0.15, 0.2) is 24.3 Å². The number of nitrogens with one attached hydrogen (secondary N) is 1. The molecule has 1 aliphatic rings. The second-order valence-electron chi connectivity index (χ2n) is 5.96. The van der Waals surface area contributed by atoms with Crippen molar-refractivity contribution in [3.05, 3.63) is 35.4 Å². The number of hydrogen-bond donors (Lipinski definition) is 1. The molecule has 20 heavy (non-hydrogen) atoms. The molecular weight excluding hydrogens is 248 g/mol. The highest BCUT2D eigenvalue weighted by atomic mass is 16.1. The standard InChI is InChI=1S/C17H26N2O/c1-4-16(14-7-5-13(2)6-8-14)18-17(20)15-9-11-19(3)12-10-15/h5-8,15-16H,4,9-12H2,1-3H3,(H,18,20)/t16-/m1/s1. The third-order valence-corrected chi connectivity index (χ3v) is 4.29. The number of nitrogens with zero attached hydrogens (tertiary/aromatic N) is 1. The van der Waals surface area contributed by atoms with Gasteiger partial charge in [0, 0.05) is 5.92 Å². The van der Waals surface area contributed by atoms with E-state index >= 15 is 0 Å². The second kappa shape index (κ2) is 6.89. The van der Waals surface area contributed by atoms with E-state index < -0.39 is 0 Å². The molecule has 110 valence electrons. The summed E-state index contributed by atoms with van der Waals surface area (Å²) in [6, 6.07) is 8.61. The molecule has 0 aromatic heterocycles. The van der Waals surface area contributed by atoms with E-state index in [9.17, 15) is 4.79 Å². The molecule has 1 amide bonds. The summed E-state index contributed by atoms with van der Waals surface area (Å²) < 4.78 is 0. The Morgan fingerprint density at radius 2 is 1.90 bits per heavy atom. The van der Waals surface area contributed by atoms with Gasteiger partial charge in [-0.25, -0.2) is 0 Å². The van der Waals surface area contributed by atoms with Crippen LogP contribution < -0.4 is 5.32 Å². The zero-order chi connectivity index (χ0) is 14.5. The summed E-state index contributed by atoms with van der Waals surface area (Å²) in [6.45, 7) is 6.26. The van der Waals surface area contributed by atoms with E-state index in [0.717, 1.165) is 32.4 Å². The number of carbonyl (C=O) groups excluding carboxylic acids is 1. The fourth-order valence-electron chi connectivity index (χ4n) is 2.78. The highest BCUT2D eigenvalue weighted by Crippen LogP contribution is 2.21. The first-order valence-electron chi connectivity index (χ1n) is 7.65. The molecule has 1 N–H and O–H groups in total. The lowest BCUT2D eigenvalue weighted by atomic mass is 9.95. The molecule has 0 radical (unpaired) electrons. The first-order valence-corrected chi connectivity index (χ1v) is 7.65. The molecule has 0 unspecified atom stereocenters. The van der Waals surface area contributed by atoms with Crippen LogP contribution in [-0.2, 0) is 4.79 Å². The van der Waals surface area contributed by atoms with Crippen molar-refractivity contribution in [1.82, 2.24) is 10.2 Å². The Morgan fingerprint density at radius 3 is 2.45 bits per heavy atom. The Bertz CT molecular complexity index is 433. The van der Waals surface area contributed by atoms with Gasteiger partial charge in [0.25, 0.3) is 0 Å². The topological polar surface area (TPSA) is 32.3 Å². The smallest absolute Gasteiger partial charge is 0.223 e. The number of rotatable bonds is 4. The molecule has 0 bridgehead atoms. The summed E-state index contributed by atoms with van der Waals surface area (Å²) >= 11 is 0. The van der Waals surface area contributed by atoms with Crippen LogP contribution >= 0.6 is 0 Å². The average Bonchev–Trinajstić information content (AvgIpc) is 2.46. The largest absolute Gasteiger partial charge is 0.349 e. The third kappa shape index (κ3) is 3.83. The van der Waals surface area contributed by atoms with E-state index in [0.29, 0.717) is 0 Å². The van der Waals surface area contributed by atoms with Crippen molar-refractivity contribution >= 4 is 5.91 Å². The van der Waals surface area contributed by atoms with Gasteiger partial charge in [0.15, 0.2) is 0 Å². The maximum absolute atomic E-state index is 12.4. The van der Waals surface area contributed by atoms with E-state index in [1.165, 1.54) is 11.1 Å². The van der Waals surface area contributed by atoms with Gasteiger partial charge in [0.05, 0.1) is 6.04 Å². The fourth-order valence-corrected chi connectivity index (χ4v) is 2.78. The monoisotopic (exact) mass is 274 g/mol. The molecule has 0 saturated carbocycles. The van der Waals surface area contributed by atoms with E-state index in [1.807, 2.05) is 0 Å². The van der Waals surface area contributed by atoms with Crippen molar-refractivity contribution in [3.63, 3.8) is 0 Å². The van der Waals surface area contributed by atoms with Gasteiger partial charge in [0.1, 0.15) is 0 Å². The summed E-state index contributed by atoms with van der Waals surface area (Å²) in [7, 11) is 2.12. The highest BCUT2D eigenvalue weighted by Gasteiger charge is 2.25. The van der Waals surface area contributed by atoms with Crippen molar-refractivity contribution in [2.45, 2.75) is 39.2 Å². The van der Waals surface area contributed by atoms with Gasteiger partial charge in [-0.3, -0.25) is 4.79 Å². The minimum absolute atomic E-state index is 0.141. The molecule has 1 aromatic carbocycles. The zero-order valence-electron chi connectivity index (χ0n) is 12.9. The van der Waals surface area contributed by atoms with Crippen molar-refractivity contribution in [2.24, 2.45) is 5.92 Å². The van der Waals surface area contributed by atoms with E-state index in [4.69, 9.17) is 0 Å². The number of aryl methyl sites for hydroxylation is 1. The van der Waals surface area contributed by atoms with Crippen LogP contribution in [-0.4, -0.2) is 30.9 Å². The van der Waals surface area contributed by atoms with Gasteiger partial charge < -0.3 is 10.2 Å². The number of amides is 1. The lowest BCUT2D eigenvalue weighted by molar-refractivity contribution is -0.127. The van der Waals surface area contributed by atoms with Gasteiger partial charge in [0.2, 0.25) is 5.91 Å². The predicted octanol–water partition coefficient (Wildman–Crippen LogP) is 2.90. The molecule has 1 saturated heterocycles. The molecule has 3 heteroatoms. The number of benzene rings is 1. The third-order valence-electron chi connectivity index (χ3n) is 4.29. The maximum atomic E-state index is 12.4. The lowest BCUT2D eigenvalue weighted by Crippen LogP contribution is -2.40. The molecular formula is C17H26N2O. The van der Waals surface area contributed by atoms with Crippen molar-refractivity contribution in [2.75, 3.05) is 20.1 Å². The molecule has 2 rings (SSSR count). The Hall–Kier alpha value is -1.35. The first-order chi connectivity index (χ1) is 9.60. The summed E-state index contributed by atoms with van der Waals surface area (Å²) in [4.78, 5) is 14.7. The quantitative estimate of drug-likeness (QED) is 0.915. The Labute approximate surface area is 122 Å². The molecule has 1 fully saturated rings.